The molecule has 9 heteroatoms. The van der Waals surface area contributed by atoms with Gasteiger partial charge in [-0.1, -0.05) is 41.9 Å². The SMILES string of the molecule is N#CC1=C(N)Oc2n[nH]c(-c3ccc(Cl)cc3)c2[C@H]1c1cccc(C(F)(F)F)c1. The molecule has 0 bridgehead atoms. The number of allylic oxidation sites excluding steroid dienone is 1. The fourth-order valence-electron chi connectivity index (χ4n) is 3.31. The van der Waals surface area contributed by atoms with Crippen LogP contribution in [0, 0.1) is 11.3 Å². The van der Waals surface area contributed by atoms with E-state index in [0.717, 1.165) is 12.1 Å². The Labute approximate surface area is 168 Å². The molecule has 1 aliphatic rings. The van der Waals surface area contributed by atoms with Crippen molar-refractivity contribution in [3.8, 4) is 23.2 Å². The van der Waals surface area contributed by atoms with Crippen LogP contribution in [-0.2, 0) is 6.18 Å². The minimum absolute atomic E-state index is 0.00781. The summed E-state index contributed by atoms with van der Waals surface area (Å²) in [7, 11) is 0. The molecule has 5 nitrogen and oxygen atoms in total. The standard InChI is InChI=1S/C20H12ClF3N4O/c21-13-6-4-10(5-7-13)17-16-15(11-2-1-3-12(8-11)20(22,23)24)14(9-25)18(26)29-19(16)28-27-17/h1-8,15H,26H2,(H,27,28)/t15-/m0/s1. The first kappa shape index (κ1) is 18.9. The van der Waals surface area contributed by atoms with E-state index < -0.39 is 17.7 Å². The largest absolute Gasteiger partial charge is 0.420 e. The molecule has 0 amide bonds. The molecule has 2 aromatic carbocycles. The van der Waals surface area contributed by atoms with E-state index in [0.29, 0.717) is 21.8 Å². The van der Waals surface area contributed by atoms with Gasteiger partial charge in [0.1, 0.15) is 11.6 Å². The van der Waals surface area contributed by atoms with Crippen molar-refractivity contribution in [1.82, 2.24) is 10.2 Å². The number of hydrogen-bond acceptors (Lipinski definition) is 4. The summed E-state index contributed by atoms with van der Waals surface area (Å²) in [5.41, 5.74) is 6.91. The molecule has 3 aromatic rings. The molecule has 0 fully saturated rings. The van der Waals surface area contributed by atoms with Crippen molar-refractivity contribution in [3.63, 3.8) is 0 Å². The second-order valence-corrected chi connectivity index (χ2v) is 6.81. The predicted octanol–water partition coefficient (Wildman–Crippen LogP) is 4.97. The second kappa shape index (κ2) is 6.87. The van der Waals surface area contributed by atoms with Gasteiger partial charge in [0, 0.05) is 10.6 Å². The van der Waals surface area contributed by atoms with Gasteiger partial charge < -0.3 is 10.5 Å². The van der Waals surface area contributed by atoms with Gasteiger partial charge in [0.25, 0.3) is 0 Å². The van der Waals surface area contributed by atoms with E-state index in [9.17, 15) is 18.4 Å². The maximum absolute atomic E-state index is 13.3. The summed E-state index contributed by atoms with van der Waals surface area (Å²) in [6.45, 7) is 0. The van der Waals surface area contributed by atoms with Crippen LogP contribution in [0.25, 0.3) is 11.3 Å². The maximum atomic E-state index is 13.3. The number of rotatable bonds is 2. The lowest BCUT2D eigenvalue weighted by Crippen LogP contribution is -2.21. The molecule has 0 aliphatic carbocycles. The fourth-order valence-corrected chi connectivity index (χ4v) is 3.44. The number of hydrogen-bond donors (Lipinski definition) is 2. The van der Waals surface area contributed by atoms with Crippen LogP contribution in [0.3, 0.4) is 0 Å². The summed E-state index contributed by atoms with van der Waals surface area (Å²) in [6, 6.07) is 13.5. The summed E-state index contributed by atoms with van der Waals surface area (Å²) in [5, 5.41) is 17.1. The average molecular weight is 417 g/mol. The van der Waals surface area contributed by atoms with Crippen molar-refractivity contribution in [3.05, 3.63) is 81.7 Å². The highest BCUT2D eigenvalue weighted by molar-refractivity contribution is 6.30. The van der Waals surface area contributed by atoms with Crippen LogP contribution in [0.2, 0.25) is 5.02 Å². The molecule has 4 rings (SSSR count). The Balaban J connectivity index is 1.94. The van der Waals surface area contributed by atoms with Crippen LogP contribution in [0.1, 0.15) is 22.6 Å². The van der Waals surface area contributed by atoms with Gasteiger partial charge in [0.05, 0.1) is 22.7 Å². The van der Waals surface area contributed by atoms with Crippen molar-refractivity contribution in [2.24, 2.45) is 5.73 Å². The van der Waals surface area contributed by atoms with Crippen molar-refractivity contribution < 1.29 is 17.9 Å². The predicted molar refractivity (Wildman–Crippen MR) is 99.8 cm³/mol. The van der Waals surface area contributed by atoms with Gasteiger partial charge >= 0.3 is 6.18 Å². The molecular weight excluding hydrogens is 405 g/mol. The number of alkyl halides is 3. The Morgan fingerprint density at radius 3 is 2.55 bits per heavy atom. The Hall–Kier alpha value is -3.44. The summed E-state index contributed by atoms with van der Waals surface area (Å²) in [5.74, 6) is -0.971. The molecule has 146 valence electrons. The zero-order valence-corrected chi connectivity index (χ0v) is 15.3. The lowest BCUT2D eigenvalue weighted by molar-refractivity contribution is -0.137. The van der Waals surface area contributed by atoms with Crippen LogP contribution >= 0.6 is 11.6 Å². The third-order valence-electron chi connectivity index (χ3n) is 4.62. The molecule has 1 atom stereocenters. The van der Waals surface area contributed by atoms with E-state index in [2.05, 4.69) is 10.2 Å². The van der Waals surface area contributed by atoms with E-state index in [1.807, 2.05) is 6.07 Å². The molecule has 29 heavy (non-hydrogen) atoms. The molecule has 2 heterocycles. The molecule has 1 aliphatic heterocycles. The molecule has 0 spiro atoms. The minimum Gasteiger partial charge on any atom is -0.420 e. The zero-order valence-electron chi connectivity index (χ0n) is 14.6. The number of nitrogens with one attached hydrogen (secondary N) is 1. The highest BCUT2D eigenvalue weighted by Crippen LogP contribution is 2.46. The number of nitriles is 1. The van der Waals surface area contributed by atoms with Crippen LogP contribution in [0.15, 0.2) is 60.0 Å². The van der Waals surface area contributed by atoms with E-state index in [4.69, 9.17) is 22.1 Å². The van der Waals surface area contributed by atoms with Crippen molar-refractivity contribution in [2.75, 3.05) is 0 Å². The third-order valence-corrected chi connectivity index (χ3v) is 4.87. The molecule has 1 aromatic heterocycles. The lowest BCUT2D eigenvalue weighted by Gasteiger charge is -2.24. The van der Waals surface area contributed by atoms with Crippen molar-refractivity contribution in [1.29, 1.82) is 5.26 Å². The normalized spacial score (nSPS) is 16.2. The average Bonchev–Trinajstić information content (AvgIpc) is 3.10. The number of aromatic amines is 1. The first-order valence-electron chi connectivity index (χ1n) is 8.38. The van der Waals surface area contributed by atoms with Gasteiger partial charge in [-0.05, 0) is 23.8 Å². The van der Waals surface area contributed by atoms with Gasteiger partial charge in [0.2, 0.25) is 11.8 Å². The Bertz CT molecular complexity index is 1160. The Morgan fingerprint density at radius 2 is 1.90 bits per heavy atom. The quantitative estimate of drug-likeness (QED) is 0.617. The van der Waals surface area contributed by atoms with Gasteiger partial charge in [-0.15, -0.1) is 5.10 Å². The number of benzene rings is 2. The van der Waals surface area contributed by atoms with Crippen LogP contribution in [-0.4, -0.2) is 10.2 Å². The smallest absolute Gasteiger partial charge is 0.416 e. The number of H-pyrrole nitrogens is 1. The van der Waals surface area contributed by atoms with Crippen LogP contribution in [0.4, 0.5) is 13.2 Å². The minimum atomic E-state index is -4.53. The molecule has 0 saturated heterocycles. The van der Waals surface area contributed by atoms with Gasteiger partial charge in [0.15, 0.2) is 0 Å². The molecule has 0 unspecified atom stereocenters. The zero-order chi connectivity index (χ0) is 20.8. The molecule has 0 radical (unpaired) electrons. The van der Waals surface area contributed by atoms with E-state index in [1.165, 1.54) is 12.1 Å². The highest BCUT2D eigenvalue weighted by Gasteiger charge is 2.37. The summed E-state index contributed by atoms with van der Waals surface area (Å²) < 4.78 is 45.2. The lowest BCUT2D eigenvalue weighted by atomic mass is 9.82. The fraction of sp³-hybridized carbons (Fsp3) is 0.100. The maximum Gasteiger partial charge on any atom is 0.416 e. The topological polar surface area (TPSA) is 87.7 Å². The number of nitrogens with zero attached hydrogens (tertiary/aromatic N) is 2. The summed E-state index contributed by atoms with van der Waals surface area (Å²) in [6.07, 6.45) is -4.53. The van der Waals surface area contributed by atoms with Gasteiger partial charge in [-0.3, -0.25) is 5.10 Å². The number of halogens is 4. The number of fused-ring (bicyclic) bond motifs is 1. The molecule has 0 saturated carbocycles. The molecular formula is C20H12ClF3N4O. The monoisotopic (exact) mass is 416 g/mol. The highest BCUT2D eigenvalue weighted by atomic mass is 35.5. The Morgan fingerprint density at radius 1 is 1.17 bits per heavy atom. The number of aromatic nitrogens is 2. The number of nitrogens with two attached hydrogens (primary N) is 1. The summed E-state index contributed by atoms with van der Waals surface area (Å²) in [4.78, 5) is 0. The first-order valence-corrected chi connectivity index (χ1v) is 8.76. The first-order chi connectivity index (χ1) is 13.8. The van der Waals surface area contributed by atoms with E-state index >= 15 is 0 Å². The third kappa shape index (κ3) is 3.30. The Kier molecular flexibility index (Phi) is 4.47. The van der Waals surface area contributed by atoms with Gasteiger partial charge in [-0.25, -0.2) is 0 Å². The van der Waals surface area contributed by atoms with Crippen molar-refractivity contribution in [2.45, 2.75) is 12.1 Å². The molecule has 3 N–H and O–H groups in total. The second-order valence-electron chi connectivity index (χ2n) is 6.37. The van der Waals surface area contributed by atoms with E-state index in [-0.39, 0.29) is 22.9 Å². The van der Waals surface area contributed by atoms with Crippen molar-refractivity contribution >= 4 is 11.6 Å². The van der Waals surface area contributed by atoms with E-state index in [1.54, 1.807) is 24.3 Å². The van der Waals surface area contributed by atoms with Crippen LogP contribution < -0.4 is 10.5 Å². The van der Waals surface area contributed by atoms with Crippen LogP contribution in [0.5, 0.6) is 5.88 Å². The van der Waals surface area contributed by atoms with Gasteiger partial charge in [-0.2, -0.15) is 18.4 Å². The summed E-state index contributed by atoms with van der Waals surface area (Å²) >= 11 is 5.94. The number of ether oxygens (including phenoxy) is 1.